The fourth-order valence-corrected chi connectivity index (χ4v) is 5.14. The Hall–Kier alpha value is -3.39. The highest BCUT2D eigenvalue weighted by atomic mass is 35.5. The molecule has 9 heteroatoms. The van der Waals surface area contributed by atoms with Gasteiger partial charge in [0.2, 0.25) is 17.7 Å². The summed E-state index contributed by atoms with van der Waals surface area (Å²) in [7, 11) is 0. The highest BCUT2D eigenvalue weighted by molar-refractivity contribution is 6.34. The van der Waals surface area contributed by atoms with Gasteiger partial charge in [-0.15, -0.1) is 0 Å². The van der Waals surface area contributed by atoms with Crippen molar-refractivity contribution < 1.29 is 19.2 Å². The number of fused-ring (bicyclic) bond motifs is 3. The molecule has 2 aromatic rings. The van der Waals surface area contributed by atoms with Crippen LogP contribution in [0.25, 0.3) is 0 Å². The lowest BCUT2D eigenvalue weighted by Crippen LogP contribution is -2.63. The van der Waals surface area contributed by atoms with E-state index in [2.05, 4.69) is 5.32 Å². The lowest BCUT2D eigenvalue weighted by atomic mass is 9.98. The Labute approximate surface area is 196 Å². The monoisotopic (exact) mass is 466 g/mol. The molecule has 0 aromatic heterocycles. The highest BCUT2D eigenvalue weighted by Crippen LogP contribution is 2.44. The molecule has 3 aliphatic heterocycles. The molecule has 0 bridgehead atoms. The van der Waals surface area contributed by atoms with Crippen LogP contribution in [0.2, 0.25) is 5.02 Å². The Balaban J connectivity index is 1.41. The molecule has 8 nitrogen and oxygen atoms in total. The number of rotatable bonds is 4. The van der Waals surface area contributed by atoms with Crippen molar-refractivity contribution in [3.8, 4) is 0 Å². The average molecular weight is 467 g/mol. The summed E-state index contributed by atoms with van der Waals surface area (Å²) >= 11 is 6.31. The lowest BCUT2D eigenvalue weighted by Gasteiger charge is -2.48. The van der Waals surface area contributed by atoms with Crippen LogP contribution in [0.3, 0.4) is 0 Å². The number of anilines is 3. The number of carbonyl (C=O) groups excluding carboxylic acids is 4. The molecule has 1 unspecified atom stereocenters. The second kappa shape index (κ2) is 7.88. The van der Waals surface area contributed by atoms with Gasteiger partial charge in [0, 0.05) is 25.1 Å². The van der Waals surface area contributed by atoms with E-state index in [9.17, 15) is 19.2 Å². The molecule has 0 aliphatic carbocycles. The number of carbonyl (C=O) groups is 4. The van der Waals surface area contributed by atoms with Gasteiger partial charge in [-0.2, -0.15) is 0 Å². The third-order valence-corrected chi connectivity index (χ3v) is 6.99. The molecule has 0 saturated carbocycles. The molecule has 1 atom stereocenters. The van der Waals surface area contributed by atoms with E-state index >= 15 is 0 Å². The van der Waals surface area contributed by atoms with Crippen molar-refractivity contribution in [3.05, 3.63) is 53.1 Å². The second-order valence-electron chi connectivity index (χ2n) is 8.72. The minimum atomic E-state index is -0.923. The largest absolute Gasteiger partial charge is 0.323 e. The number of benzene rings is 2. The van der Waals surface area contributed by atoms with Gasteiger partial charge >= 0.3 is 0 Å². The zero-order valence-electron chi connectivity index (χ0n) is 18.1. The predicted octanol–water partition coefficient (Wildman–Crippen LogP) is 3.40. The first-order valence-corrected chi connectivity index (χ1v) is 11.3. The maximum Gasteiger partial charge on any atom is 0.258 e. The van der Waals surface area contributed by atoms with Gasteiger partial charge in [0.1, 0.15) is 12.2 Å². The Morgan fingerprint density at radius 3 is 2.64 bits per heavy atom. The van der Waals surface area contributed by atoms with Crippen LogP contribution in [-0.2, 0) is 14.4 Å². The molecule has 2 aromatic carbocycles. The van der Waals surface area contributed by atoms with E-state index < -0.39 is 11.6 Å². The number of halogens is 1. The van der Waals surface area contributed by atoms with Crippen LogP contribution >= 0.6 is 11.6 Å². The van der Waals surface area contributed by atoms with Crippen LogP contribution < -0.4 is 15.1 Å². The number of hydrogen-bond acceptors (Lipinski definition) is 4. The van der Waals surface area contributed by atoms with Crippen molar-refractivity contribution in [1.82, 2.24) is 4.90 Å². The van der Waals surface area contributed by atoms with Crippen molar-refractivity contribution in [3.63, 3.8) is 0 Å². The van der Waals surface area contributed by atoms with Crippen LogP contribution in [0.5, 0.6) is 0 Å². The van der Waals surface area contributed by atoms with Crippen LogP contribution in [0.1, 0.15) is 43.0 Å². The third-order valence-electron chi connectivity index (χ3n) is 6.66. The minimum absolute atomic E-state index is 0.0334. The summed E-state index contributed by atoms with van der Waals surface area (Å²) in [5.74, 6) is -0.772. The molecule has 2 saturated heterocycles. The summed E-state index contributed by atoms with van der Waals surface area (Å²) in [6.07, 6.45) is 2.02. The van der Waals surface area contributed by atoms with Gasteiger partial charge in [-0.1, -0.05) is 23.7 Å². The topological polar surface area (TPSA) is 90.0 Å². The SMILES string of the molecule is CC12CCC(=O)N1c1ccccc1C(=O)N2CC(=O)Nc1cc(N2CCCC2=O)ccc1Cl. The van der Waals surface area contributed by atoms with E-state index in [-0.39, 0.29) is 24.3 Å². The van der Waals surface area contributed by atoms with Crippen molar-refractivity contribution in [2.45, 2.75) is 38.3 Å². The summed E-state index contributed by atoms with van der Waals surface area (Å²) in [5.41, 5.74) is 1.08. The average Bonchev–Trinajstić information content (AvgIpc) is 3.36. The predicted molar refractivity (Wildman–Crippen MR) is 124 cm³/mol. The molecule has 170 valence electrons. The van der Waals surface area contributed by atoms with Crippen LogP contribution in [-0.4, -0.2) is 47.3 Å². The van der Waals surface area contributed by atoms with Gasteiger partial charge in [0.05, 0.1) is 22.0 Å². The fraction of sp³-hybridized carbons (Fsp3) is 0.333. The molecular weight excluding hydrogens is 444 g/mol. The maximum absolute atomic E-state index is 13.3. The van der Waals surface area contributed by atoms with Crippen LogP contribution in [0, 0.1) is 0 Å². The standard InChI is InChI=1S/C24H23ClN4O4/c1-24-11-10-22(32)29(24)19-6-3-2-5-16(19)23(33)28(24)14-20(30)26-18-13-15(8-9-17(18)25)27-12-4-7-21(27)31/h2-3,5-6,8-9,13H,4,7,10-12,14H2,1H3,(H,26,30). The summed E-state index contributed by atoms with van der Waals surface area (Å²) in [4.78, 5) is 55.9. The summed E-state index contributed by atoms with van der Waals surface area (Å²) in [6.45, 7) is 2.19. The van der Waals surface area contributed by atoms with Crippen LogP contribution in [0.4, 0.5) is 17.1 Å². The van der Waals surface area contributed by atoms with E-state index in [0.29, 0.717) is 53.5 Å². The minimum Gasteiger partial charge on any atom is -0.323 e. The molecule has 5 rings (SSSR count). The molecule has 33 heavy (non-hydrogen) atoms. The van der Waals surface area contributed by atoms with Gasteiger partial charge in [0.25, 0.3) is 5.91 Å². The first-order chi connectivity index (χ1) is 15.8. The molecule has 0 radical (unpaired) electrons. The highest BCUT2D eigenvalue weighted by Gasteiger charge is 2.53. The molecule has 1 N–H and O–H groups in total. The smallest absolute Gasteiger partial charge is 0.258 e. The molecule has 0 spiro atoms. The van der Waals surface area contributed by atoms with E-state index in [1.807, 2.05) is 6.92 Å². The number of amides is 4. The summed E-state index contributed by atoms with van der Waals surface area (Å²) < 4.78 is 0. The van der Waals surface area contributed by atoms with Crippen molar-refractivity contribution in [1.29, 1.82) is 0 Å². The van der Waals surface area contributed by atoms with Crippen LogP contribution in [0.15, 0.2) is 42.5 Å². The van der Waals surface area contributed by atoms with E-state index in [0.717, 1.165) is 6.42 Å². The van der Waals surface area contributed by atoms with Gasteiger partial charge in [-0.05, 0) is 50.1 Å². The summed E-state index contributed by atoms with van der Waals surface area (Å²) in [6, 6.07) is 12.0. The Bertz CT molecular complexity index is 1200. The molecule has 2 fully saturated rings. The Kier molecular flexibility index (Phi) is 5.12. The first-order valence-electron chi connectivity index (χ1n) is 10.9. The lowest BCUT2D eigenvalue weighted by molar-refractivity contribution is -0.120. The molecule has 3 aliphatic rings. The number of nitrogens with zero attached hydrogens (tertiary/aromatic N) is 3. The molecular formula is C24H23ClN4O4. The van der Waals surface area contributed by atoms with Crippen molar-refractivity contribution in [2.75, 3.05) is 28.2 Å². The fourth-order valence-electron chi connectivity index (χ4n) is 4.97. The van der Waals surface area contributed by atoms with Gasteiger partial charge < -0.3 is 15.1 Å². The normalized spacial score (nSPS) is 22.0. The quantitative estimate of drug-likeness (QED) is 0.747. The zero-order chi connectivity index (χ0) is 23.3. The molecule has 4 amide bonds. The van der Waals surface area contributed by atoms with E-state index in [1.54, 1.807) is 52.3 Å². The van der Waals surface area contributed by atoms with Gasteiger partial charge in [-0.3, -0.25) is 24.1 Å². The van der Waals surface area contributed by atoms with Crippen molar-refractivity contribution in [2.24, 2.45) is 0 Å². The zero-order valence-corrected chi connectivity index (χ0v) is 18.9. The third kappa shape index (κ3) is 3.45. The van der Waals surface area contributed by atoms with Gasteiger partial charge in [-0.25, -0.2) is 0 Å². The van der Waals surface area contributed by atoms with Crippen molar-refractivity contribution >= 4 is 52.3 Å². The Morgan fingerprint density at radius 1 is 1.09 bits per heavy atom. The van der Waals surface area contributed by atoms with Gasteiger partial charge in [0.15, 0.2) is 0 Å². The van der Waals surface area contributed by atoms with E-state index in [1.165, 1.54) is 4.90 Å². The number of hydrogen-bond donors (Lipinski definition) is 1. The molecule has 3 heterocycles. The first kappa shape index (κ1) is 21.5. The number of nitrogens with one attached hydrogen (secondary N) is 1. The summed E-state index contributed by atoms with van der Waals surface area (Å²) in [5, 5.41) is 3.11. The Morgan fingerprint density at radius 2 is 1.88 bits per heavy atom. The van der Waals surface area contributed by atoms with E-state index in [4.69, 9.17) is 11.6 Å². The maximum atomic E-state index is 13.3. The second-order valence-corrected chi connectivity index (χ2v) is 9.12. The number of para-hydroxylation sites is 1.